The molecule has 0 saturated heterocycles. The molecule has 0 bridgehead atoms. The third-order valence-corrected chi connectivity index (χ3v) is 2.97. The number of nitrogens with one attached hydrogen (secondary N) is 2. The molecule has 1 aromatic carbocycles. The molecule has 2 amide bonds. The van der Waals surface area contributed by atoms with Crippen LogP contribution < -0.4 is 15.4 Å². The number of hydrogen-bond donors (Lipinski definition) is 3. The third kappa shape index (κ3) is 6.43. The van der Waals surface area contributed by atoms with Crippen LogP contribution in [0.5, 0.6) is 5.75 Å². The molecule has 20 heavy (non-hydrogen) atoms. The molecule has 0 heterocycles. The number of benzene rings is 1. The first-order valence-corrected chi connectivity index (χ1v) is 6.94. The molecule has 0 aliphatic heterocycles. The van der Waals surface area contributed by atoms with Gasteiger partial charge in [0, 0.05) is 13.2 Å². The maximum absolute atomic E-state index is 11.5. The molecule has 0 saturated carbocycles. The van der Waals surface area contributed by atoms with E-state index < -0.39 is 0 Å². The van der Waals surface area contributed by atoms with Crippen molar-refractivity contribution >= 4 is 6.03 Å². The smallest absolute Gasteiger partial charge is 0.314 e. The lowest BCUT2D eigenvalue weighted by molar-refractivity contribution is 0.230. The number of carbonyl (C=O) groups is 1. The third-order valence-electron chi connectivity index (χ3n) is 2.97. The van der Waals surface area contributed by atoms with Gasteiger partial charge in [-0.05, 0) is 30.9 Å². The fourth-order valence-corrected chi connectivity index (χ4v) is 1.70. The maximum Gasteiger partial charge on any atom is 0.314 e. The molecule has 0 aliphatic rings. The van der Waals surface area contributed by atoms with Gasteiger partial charge in [0.25, 0.3) is 0 Å². The number of amides is 2. The van der Waals surface area contributed by atoms with Crippen LogP contribution in [0.25, 0.3) is 0 Å². The summed E-state index contributed by atoms with van der Waals surface area (Å²) in [5.41, 5.74) is 1.08. The second-order valence-corrected chi connectivity index (χ2v) is 4.87. The molecule has 1 rings (SSSR count). The highest BCUT2D eigenvalue weighted by Gasteiger charge is 2.04. The van der Waals surface area contributed by atoms with E-state index in [0.717, 1.165) is 11.3 Å². The van der Waals surface area contributed by atoms with Gasteiger partial charge in [-0.3, -0.25) is 0 Å². The van der Waals surface area contributed by atoms with E-state index in [-0.39, 0.29) is 18.6 Å². The molecule has 1 atom stereocenters. The molecule has 112 valence electrons. The van der Waals surface area contributed by atoms with E-state index in [2.05, 4.69) is 10.6 Å². The van der Waals surface area contributed by atoms with Crippen LogP contribution in [0.2, 0.25) is 0 Å². The van der Waals surface area contributed by atoms with Crippen LogP contribution in [-0.4, -0.2) is 37.4 Å². The van der Waals surface area contributed by atoms with Crippen molar-refractivity contribution in [1.29, 1.82) is 0 Å². The number of urea groups is 1. The Kier molecular flexibility index (Phi) is 7.50. The standard InChI is InChI=1S/C15H24N2O3/c1-12(7-9-18)11-17-15(19)16-8-10-20-14-6-4-3-5-13(14)2/h3-6,12,18H,7-11H2,1-2H3,(H2,16,17,19). The summed E-state index contributed by atoms with van der Waals surface area (Å²) in [5, 5.41) is 14.3. The quantitative estimate of drug-likeness (QED) is 0.635. The van der Waals surface area contributed by atoms with Crippen LogP contribution in [-0.2, 0) is 0 Å². The summed E-state index contributed by atoms with van der Waals surface area (Å²) < 4.78 is 5.58. The van der Waals surface area contributed by atoms with Crippen LogP contribution in [0.3, 0.4) is 0 Å². The molecule has 1 unspecified atom stereocenters. The van der Waals surface area contributed by atoms with E-state index >= 15 is 0 Å². The van der Waals surface area contributed by atoms with E-state index in [1.807, 2.05) is 38.1 Å². The van der Waals surface area contributed by atoms with Crippen molar-refractivity contribution < 1.29 is 14.6 Å². The second kappa shape index (κ2) is 9.20. The van der Waals surface area contributed by atoms with Gasteiger partial charge in [-0.15, -0.1) is 0 Å². The van der Waals surface area contributed by atoms with Crippen LogP contribution >= 0.6 is 0 Å². The average Bonchev–Trinajstić information content (AvgIpc) is 2.43. The summed E-state index contributed by atoms with van der Waals surface area (Å²) in [4.78, 5) is 11.5. The lowest BCUT2D eigenvalue weighted by Crippen LogP contribution is -2.39. The minimum atomic E-state index is -0.205. The van der Waals surface area contributed by atoms with Gasteiger partial charge in [0.1, 0.15) is 12.4 Å². The Bertz CT molecular complexity index is 410. The lowest BCUT2D eigenvalue weighted by atomic mass is 10.1. The van der Waals surface area contributed by atoms with Crippen LogP contribution in [0.4, 0.5) is 4.79 Å². The van der Waals surface area contributed by atoms with Crippen LogP contribution in [0, 0.1) is 12.8 Å². The van der Waals surface area contributed by atoms with Gasteiger partial charge in [-0.1, -0.05) is 25.1 Å². The first-order chi connectivity index (χ1) is 9.63. The molecule has 5 nitrogen and oxygen atoms in total. The van der Waals surface area contributed by atoms with Gasteiger partial charge in [-0.25, -0.2) is 4.79 Å². The number of ether oxygens (including phenoxy) is 1. The highest BCUT2D eigenvalue weighted by atomic mass is 16.5. The summed E-state index contributed by atoms with van der Waals surface area (Å²) in [6.07, 6.45) is 0.691. The fraction of sp³-hybridized carbons (Fsp3) is 0.533. The van der Waals surface area contributed by atoms with Crippen LogP contribution in [0.1, 0.15) is 18.9 Å². The normalized spacial score (nSPS) is 11.8. The Morgan fingerprint density at radius 1 is 1.35 bits per heavy atom. The SMILES string of the molecule is Cc1ccccc1OCCNC(=O)NCC(C)CCO. The Morgan fingerprint density at radius 2 is 2.10 bits per heavy atom. The van der Waals surface area contributed by atoms with E-state index in [9.17, 15) is 4.79 Å². The number of hydrogen-bond acceptors (Lipinski definition) is 3. The second-order valence-electron chi connectivity index (χ2n) is 4.87. The minimum Gasteiger partial charge on any atom is -0.491 e. The largest absolute Gasteiger partial charge is 0.491 e. The molecule has 0 spiro atoms. The first-order valence-electron chi connectivity index (χ1n) is 6.94. The van der Waals surface area contributed by atoms with Gasteiger partial charge in [-0.2, -0.15) is 0 Å². The summed E-state index contributed by atoms with van der Waals surface area (Å²) >= 11 is 0. The van der Waals surface area contributed by atoms with E-state index in [1.54, 1.807) is 0 Å². The van der Waals surface area contributed by atoms with E-state index in [0.29, 0.717) is 26.1 Å². The summed E-state index contributed by atoms with van der Waals surface area (Å²) in [5.74, 6) is 1.11. The molecule has 5 heteroatoms. The number of rotatable bonds is 8. The summed E-state index contributed by atoms with van der Waals surface area (Å²) in [6.45, 7) is 5.56. The Balaban J connectivity index is 2.12. The fourth-order valence-electron chi connectivity index (χ4n) is 1.70. The molecule has 0 aliphatic carbocycles. The number of carbonyl (C=O) groups excluding carboxylic acids is 1. The zero-order valence-corrected chi connectivity index (χ0v) is 12.2. The number of para-hydroxylation sites is 1. The van der Waals surface area contributed by atoms with Crippen molar-refractivity contribution in [3.05, 3.63) is 29.8 Å². The minimum absolute atomic E-state index is 0.148. The number of aliphatic hydroxyl groups is 1. The highest BCUT2D eigenvalue weighted by Crippen LogP contribution is 2.15. The number of aliphatic hydroxyl groups excluding tert-OH is 1. The van der Waals surface area contributed by atoms with Crippen molar-refractivity contribution in [3.63, 3.8) is 0 Å². The monoisotopic (exact) mass is 280 g/mol. The van der Waals surface area contributed by atoms with Crippen molar-refractivity contribution in [2.75, 3.05) is 26.3 Å². The zero-order chi connectivity index (χ0) is 14.8. The lowest BCUT2D eigenvalue weighted by Gasteiger charge is -2.13. The molecule has 1 aromatic rings. The number of aryl methyl sites for hydroxylation is 1. The Hall–Kier alpha value is -1.75. The van der Waals surface area contributed by atoms with Crippen LogP contribution in [0.15, 0.2) is 24.3 Å². The van der Waals surface area contributed by atoms with Gasteiger partial charge in [0.15, 0.2) is 0 Å². The Labute approximate surface area is 120 Å². The van der Waals surface area contributed by atoms with Gasteiger partial charge < -0.3 is 20.5 Å². The van der Waals surface area contributed by atoms with Gasteiger partial charge >= 0.3 is 6.03 Å². The van der Waals surface area contributed by atoms with E-state index in [1.165, 1.54) is 0 Å². The zero-order valence-electron chi connectivity index (χ0n) is 12.2. The van der Waals surface area contributed by atoms with Crippen molar-refractivity contribution in [3.8, 4) is 5.75 Å². The predicted octanol–water partition coefficient (Wildman–Crippen LogP) is 1.69. The summed E-state index contributed by atoms with van der Waals surface area (Å²) in [7, 11) is 0. The average molecular weight is 280 g/mol. The molecule has 0 fully saturated rings. The van der Waals surface area contributed by atoms with Gasteiger partial charge in [0.05, 0.1) is 6.54 Å². The summed E-state index contributed by atoms with van der Waals surface area (Å²) in [6, 6.07) is 7.57. The highest BCUT2D eigenvalue weighted by molar-refractivity contribution is 5.73. The molecule has 3 N–H and O–H groups in total. The maximum atomic E-state index is 11.5. The Morgan fingerprint density at radius 3 is 2.80 bits per heavy atom. The predicted molar refractivity (Wildman–Crippen MR) is 78.9 cm³/mol. The van der Waals surface area contributed by atoms with Crippen molar-refractivity contribution in [2.45, 2.75) is 20.3 Å². The topological polar surface area (TPSA) is 70.6 Å². The molecule has 0 aromatic heterocycles. The molecule has 0 radical (unpaired) electrons. The molecular formula is C15H24N2O3. The first kappa shape index (κ1) is 16.3. The molecular weight excluding hydrogens is 256 g/mol. The van der Waals surface area contributed by atoms with Crippen molar-refractivity contribution in [1.82, 2.24) is 10.6 Å². The van der Waals surface area contributed by atoms with Crippen molar-refractivity contribution in [2.24, 2.45) is 5.92 Å². The van der Waals surface area contributed by atoms with Gasteiger partial charge in [0.2, 0.25) is 0 Å². The van der Waals surface area contributed by atoms with E-state index in [4.69, 9.17) is 9.84 Å².